The molecule has 1 aromatic carbocycles. The normalized spacial score (nSPS) is 10.7. The first-order chi connectivity index (χ1) is 20.2. The van der Waals surface area contributed by atoms with Gasteiger partial charge >= 0.3 is 11.9 Å². The summed E-state index contributed by atoms with van der Waals surface area (Å²) in [6, 6.07) is 6.92. The lowest BCUT2D eigenvalue weighted by Crippen LogP contribution is -2.24. The third kappa shape index (κ3) is 8.55. The number of carbonyl (C=O) groups excluding carboxylic acids is 4. The number of nitrogens with one attached hydrogen (secondary N) is 2. The number of nitrogens with zero attached hydrogens (tertiary/aromatic N) is 3. The second-order valence-electron chi connectivity index (χ2n) is 8.90. The third-order valence-electron chi connectivity index (χ3n) is 5.89. The minimum absolute atomic E-state index is 0.0427. The van der Waals surface area contributed by atoms with Gasteiger partial charge < -0.3 is 29.4 Å². The van der Waals surface area contributed by atoms with Crippen LogP contribution >= 0.6 is 23.1 Å². The first kappa shape index (κ1) is 32.6. The fourth-order valence-corrected chi connectivity index (χ4v) is 5.49. The van der Waals surface area contributed by atoms with Crippen molar-refractivity contribution in [3.05, 3.63) is 51.7 Å². The van der Waals surface area contributed by atoms with E-state index < -0.39 is 17.8 Å². The molecule has 0 aliphatic rings. The number of hydrogen-bond acceptors (Lipinski definition) is 11. The predicted octanol–water partition coefficient (Wildman–Crippen LogP) is 4.38. The predicted molar refractivity (Wildman–Crippen MR) is 159 cm³/mol. The first-order valence-corrected chi connectivity index (χ1v) is 15.3. The number of ether oxygens (including phenoxy) is 3. The molecule has 42 heavy (non-hydrogen) atoms. The highest BCUT2D eigenvalue weighted by molar-refractivity contribution is 7.99. The van der Waals surface area contributed by atoms with Crippen molar-refractivity contribution in [2.45, 2.75) is 52.2 Å². The molecule has 14 heteroatoms. The summed E-state index contributed by atoms with van der Waals surface area (Å²) in [5, 5.41) is 14.4. The second-order valence-corrected chi connectivity index (χ2v) is 10.9. The van der Waals surface area contributed by atoms with Gasteiger partial charge in [0.05, 0.1) is 37.7 Å². The molecular formula is C28H35N5O7S2. The Morgan fingerprint density at radius 3 is 2.36 bits per heavy atom. The summed E-state index contributed by atoms with van der Waals surface area (Å²) < 4.78 is 17.5. The number of anilines is 1. The number of thiophene rings is 1. The van der Waals surface area contributed by atoms with Gasteiger partial charge in [-0.05, 0) is 57.0 Å². The van der Waals surface area contributed by atoms with E-state index in [2.05, 4.69) is 27.8 Å². The molecule has 2 aromatic heterocycles. The Morgan fingerprint density at radius 2 is 1.69 bits per heavy atom. The summed E-state index contributed by atoms with van der Waals surface area (Å²) in [7, 11) is 1.73. The maximum absolute atomic E-state index is 12.8. The highest BCUT2D eigenvalue weighted by Gasteiger charge is 2.27. The van der Waals surface area contributed by atoms with Crippen LogP contribution in [0, 0.1) is 6.92 Å². The van der Waals surface area contributed by atoms with E-state index in [1.165, 1.54) is 0 Å². The van der Waals surface area contributed by atoms with Crippen LogP contribution in [0.5, 0.6) is 5.75 Å². The number of amides is 2. The Kier molecular flexibility index (Phi) is 12.4. The topological polar surface area (TPSA) is 151 Å². The molecule has 0 saturated heterocycles. The van der Waals surface area contributed by atoms with E-state index in [1.807, 2.05) is 0 Å². The van der Waals surface area contributed by atoms with Crippen molar-refractivity contribution in [3.8, 4) is 5.75 Å². The summed E-state index contributed by atoms with van der Waals surface area (Å²) in [6.45, 7) is 8.14. The standard InChI is InChI=1S/C28H35N5O7S2/c1-6-9-14-40-19-12-10-18(11-13-19)24(35)29-15-20-31-32-28(33(20)5)41-16-21(34)30-25-22(26(36)38-7-2)17(4)23(42-25)27(37)39-8-3/h10-13H,6-9,14-16H2,1-5H3,(H,29,35)(H,30,34). The Bertz CT molecular complexity index is 1400. The zero-order chi connectivity index (χ0) is 30.6. The summed E-state index contributed by atoms with van der Waals surface area (Å²) in [6.07, 6.45) is 2.01. The lowest BCUT2D eigenvalue weighted by atomic mass is 10.1. The molecule has 0 aliphatic carbocycles. The van der Waals surface area contributed by atoms with Crippen molar-refractivity contribution in [3.63, 3.8) is 0 Å². The summed E-state index contributed by atoms with van der Waals surface area (Å²) in [5.41, 5.74) is 0.998. The lowest BCUT2D eigenvalue weighted by molar-refractivity contribution is -0.113. The van der Waals surface area contributed by atoms with Crippen LogP contribution in [0.1, 0.15) is 75.4 Å². The lowest BCUT2D eigenvalue weighted by Gasteiger charge is -2.08. The van der Waals surface area contributed by atoms with E-state index in [9.17, 15) is 19.2 Å². The zero-order valence-corrected chi connectivity index (χ0v) is 25.9. The van der Waals surface area contributed by atoms with Crippen LogP contribution in [0.4, 0.5) is 5.00 Å². The van der Waals surface area contributed by atoms with Gasteiger partial charge in [0, 0.05) is 12.6 Å². The molecular weight excluding hydrogens is 582 g/mol. The van der Waals surface area contributed by atoms with Gasteiger partial charge in [0.2, 0.25) is 5.91 Å². The van der Waals surface area contributed by atoms with E-state index in [1.54, 1.807) is 56.7 Å². The van der Waals surface area contributed by atoms with Gasteiger partial charge in [0.15, 0.2) is 11.0 Å². The van der Waals surface area contributed by atoms with E-state index in [0.29, 0.717) is 34.5 Å². The maximum Gasteiger partial charge on any atom is 0.348 e. The fourth-order valence-electron chi connectivity index (χ4n) is 3.66. The SMILES string of the molecule is CCCCOc1ccc(C(=O)NCc2nnc(SCC(=O)Nc3sc(C(=O)OCC)c(C)c3C(=O)OCC)n2C)cc1. The molecule has 0 bridgehead atoms. The van der Waals surface area contributed by atoms with Crippen molar-refractivity contribution >= 4 is 51.9 Å². The van der Waals surface area contributed by atoms with Crippen LogP contribution in [0.25, 0.3) is 0 Å². The van der Waals surface area contributed by atoms with E-state index in [4.69, 9.17) is 14.2 Å². The second kappa shape index (κ2) is 15.9. The number of aromatic nitrogens is 3. The Balaban J connectivity index is 1.58. The molecule has 3 aromatic rings. The molecule has 3 rings (SSSR count). The number of thioether (sulfide) groups is 1. The van der Waals surface area contributed by atoms with Gasteiger partial charge in [-0.25, -0.2) is 9.59 Å². The van der Waals surface area contributed by atoms with Gasteiger partial charge in [-0.15, -0.1) is 21.5 Å². The summed E-state index contributed by atoms with van der Waals surface area (Å²) >= 11 is 2.09. The van der Waals surface area contributed by atoms with Gasteiger partial charge in [-0.1, -0.05) is 25.1 Å². The average molecular weight is 618 g/mol. The molecule has 226 valence electrons. The van der Waals surface area contributed by atoms with Gasteiger partial charge in [-0.3, -0.25) is 9.59 Å². The Labute approximate surface area is 252 Å². The molecule has 0 radical (unpaired) electrons. The van der Waals surface area contributed by atoms with Crippen LogP contribution < -0.4 is 15.4 Å². The zero-order valence-electron chi connectivity index (χ0n) is 24.3. The van der Waals surface area contributed by atoms with E-state index >= 15 is 0 Å². The molecule has 2 N–H and O–H groups in total. The number of esters is 2. The molecule has 0 aliphatic heterocycles. The minimum atomic E-state index is -0.638. The number of unbranched alkanes of at least 4 members (excludes halogenated alkanes) is 1. The van der Waals surface area contributed by atoms with E-state index in [0.717, 1.165) is 35.9 Å². The molecule has 0 atom stereocenters. The van der Waals surface area contributed by atoms with Crippen molar-refractivity contribution < 1.29 is 33.4 Å². The number of rotatable bonds is 15. The Morgan fingerprint density at radius 1 is 1.00 bits per heavy atom. The van der Waals surface area contributed by atoms with Crippen LogP contribution in [0.3, 0.4) is 0 Å². The molecule has 0 spiro atoms. The van der Waals surface area contributed by atoms with Crippen molar-refractivity contribution in [2.24, 2.45) is 7.05 Å². The van der Waals surface area contributed by atoms with Crippen molar-refractivity contribution in [1.29, 1.82) is 0 Å². The molecule has 0 saturated carbocycles. The molecule has 0 unspecified atom stereocenters. The van der Waals surface area contributed by atoms with Crippen LogP contribution in [-0.2, 0) is 27.9 Å². The highest BCUT2D eigenvalue weighted by Crippen LogP contribution is 2.34. The van der Waals surface area contributed by atoms with Crippen LogP contribution in [0.2, 0.25) is 0 Å². The monoisotopic (exact) mass is 617 g/mol. The first-order valence-electron chi connectivity index (χ1n) is 13.5. The summed E-state index contributed by atoms with van der Waals surface area (Å²) in [4.78, 5) is 50.5. The number of hydrogen-bond donors (Lipinski definition) is 2. The molecule has 0 fully saturated rings. The van der Waals surface area contributed by atoms with Gasteiger partial charge in [-0.2, -0.15) is 0 Å². The molecule has 2 amide bonds. The highest BCUT2D eigenvalue weighted by atomic mass is 32.2. The average Bonchev–Trinajstić information content (AvgIpc) is 3.49. The van der Waals surface area contributed by atoms with Crippen molar-refractivity contribution in [2.75, 3.05) is 30.9 Å². The van der Waals surface area contributed by atoms with E-state index in [-0.39, 0.29) is 46.9 Å². The smallest absolute Gasteiger partial charge is 0.348 e. The summed E-state index contributed by atoms with van der Waals surface area (Å²) in [5.74, 6) is -0.722. The Hall–Kier alpha value is -3.91. The molecule has 2 heterocycles. The van der Waals surface area contributed by atoms with Gasteiger partial charge in [0.25, 0.3) is 5.91 Å². The fraction of sp³-hybridized carbons (Fsp3) is 0.429. The van der Waals surface area contributed by atoms with Gasteiger partial charge in [0.1, 0.15) is 15.6 Å². The largest absolute Gasteiger partial charge is 0.494 e. The van der Waals surface area contributed by atoms with Crippen molar-refractivity contribution in [1.82, 2.24) is 20.1 Å². The number of carbonyl (C=O) groups is 4. The maximum atomic E-state index is 12.8. The van der Waals surface area contributed by atoms with Crippen LogP contribution in [0.15, 0.2) is 29.4 Å². The minimum Gasteiger partial charge on any atom is -0.494 e. The quantitative estimate of drug-likeness (QED) is 0.143. The number of benzene rings is 1. The molecule has 12 nitrogen and oxygen atoms in total. The third-order valence-corrected chi connectivity index (χ3v) is 8.10. The van der Waals surface area contributed by atoms with Crippen LogP contribution in [-0.4, -0.2) is 64.1 Å².